The summed E-state index contributed by atoms with van der Waals surface area (Å²) in [5.74, 6) is -4.75. The van der Waals surface area contributed by atoms with Gasteiger partial charge >= 0.3 is 11.9 Å². The summed E-state index contributed by atoms with van der Waals surface area (Å²) in [7, 11) is 2.30. The molecule has 0 aromatic rings. The van der Waals surface area contributed by atoms with Crippen molar-refractivity contribution < 1.29 is 69.7 Å². The van der Waals surface area contributed by atoms with Crippen LogP contribution in [-0.2, 0) is 28.9 Å². The van der Waals surface area contributed by atoms with E-state index in [0.717, 1.165) is 23.9 Å². The molecule has 2 fully saturated rings. The Morgan fingerprint density at radius 2 is 1.02 bits per heavy atom. The number of amides is 2. The Balaban J connectivity index is 1.85. The quantitative estimate of drug-likeness (QED) is 0.0498. The number of aliphatic hydroxyl groups excluding tert-OH is 8. The molecule has 0 saturated carbocycles. The maximum Gasteiger partial charge on any atom is 0.356 e. The van der Waals surface area contributed by atoms with Gasteiger partial charge in [-0.25, -0.2) is 19.6 Å². The molecule has 260 valence electrons. The lowest BCUT2D eigenvalue weighted by Gasteiger charge is -2.42. The molecule has 2 aliphatic rings. The Kier molecular flexibility index (Phi) is 14.0. The van der Waals surface area contributed by atoms with Gasteiger partial charge in [0.25, 0.3) is 0 Å². The van der Waals surface area contributed by atoms with Crippen LogP contribution in [0.2, 0.25) is 0 Å². The zero-order chi connectivity index (χ0) is 34.9. The van der Waals surface area contributed by atoms with E-state index >= 15 is 0 Å². The molecule has 8 atom stereocenters. The predicted molar refractivity (Wildman–Crippen MR) is 151 cm³/mol. The Labute approximate surface area is 261 Å². The number of hydrogen-bond acceptors (Lipinski definition) is 16. The summed E-state index contributed by atoms with van der Waals surface area (Å²) in [4.78, 5) is 68.2. The summed E-state index contributed by atoms with van der Waals surface area (Å²) in [5.41, 5.74) is 11.4. The normalized spacial score (nSPS) is 29.0. The van der Waals surface area contributed by atoms with E-state index in [9.17, 15) is 60.0 Å². The molecule has 0 aromatic carbocycles. The number of likely N-dealkylation sites (tertiary alicyclic amines) is 2. The molecule has 0 aliphatic carbocycles. The lowest BCUT2D eigenvalue weighted by Crippen LogP contribution is -2.64. The number of aliphatic imine (C=N–C) groups is 2. The van der Waals surface area contributed by atoms with Crippen LogP contribution in [0.3, 0.4) is 0 Å². The van der Waals surface area contributed by atoms with Gasteiger partial charge in [-0.1, -0.05) is 0 Å². The van der Waals surface area contributed by atoms with Gasteiger partial charge in [-0.2, -0.15) is 10.1 Å². The Hall–Kier alpha value is -4.16. The molecule has 2 aliphatic heterocycles. The third-order valence-corrected chi connectivity index (χ3v) is 7.07. The number of piperidine rings is 2. The lowest BCUT2D eigenvalue weighted by molar-refractivity contribution is -0.166. The summed E-state index contributed by atoms with van der Waals surface area (Å²) >= 11 is 0. The van der Waals surface area contributed by atoms with E-state index < -0.39 is 111 Å². The van der Waals surface area contributed by atoms with E-state index in [1.807, 2.05) is 0 Å². The Morgan fingerprint density at radius 1 is 0.696 bits per heavy atom. The second kappa shape index (κ2) is 17.0. The predicted octanol–water partition coefficient (Wildman–Crippen LogP) is -8.48. The molecule has 2 amide bonds. The second-order valence-electron chi connectivity index (χ2n) is 10.2. The smallest absolute Gasteiger partial charge is 0.356 e. The van der Waals surface area contributed by atoms with Crippen LogP contribution in [0, 0.1) is 0 Å². The highest BCUT2D eigenvalue weighted by molar-refractivity contribution is 5.93. The average Bonchev–Trinajstić information content (AvgIpc) is 3.01. The minimum Gasteiger partial charge on any atom is -0.394 e. The Morgan fingerprint density at radius 3 is 1.33 bits per heavy atom. The van der Waals surface area contributed by atoms with Crippen LogP contribution in [0.4, 0.5) is 0 Å². The van der Waals surface area contributed by atoms with Gasteiger partial charge in [-0.15, -0.1) is 0 Å². The number of carbonyl (C=O) groups is 4. The van der Waals surface area contributed by atoms with Gasteiger partial charge in [0.2, 0.25) is 23.7 Å². The minimum absolute atomic E-state index is 0.389. The molecule has 2 saturated heterocycles. The molecule has 2 heterocycles. The maximum atomic E-state index is 12.5. The fourth-order valence-electron chi connectivity index (χ4n) is 4.39. The third kappa shape index (κ3) is 9.67. The molecule has 0 spiro atoms. The molecule has 22 nitrogen and oxygen atoms in total. The molecule has 0 bridgehead atoms. The molecule has 22 heteroatoms. The number of hydroxylamine groups is 4. The van der Waals surface area contributed by atoms with E-state index in [0.29, 0.717) is 22.3 Å². The largest absolute Gasteiger partial charge is 0.394 e. The molecule has 2 rings (SSSR count). The van der Waals surface area contributed by atoms with Gasteiger partial charge in [-0.05, 0) is 0 Å². The first-order chi connectivity index (χ1) is 21.5. The number of hydrogen-bond donors (Lipinski definition) is 10. The highest BCUT2D eigenvalue weighted by Gasteiger charge is 2.44. The summed E-state index contributed by atoms with van der Waals surface area (Å²) < 4.78 is 0. The van der Waals surface area contributed by atoms with Crippen molar-refractivity contribution in [3.05, 3.63) is 12.2 Å². The van der Waals surface area contributed by atoms with E-state index in [2.05, 4.69) is 9.98 Å². The Bertz CT molecular complexity index is 1100. The van der Waals surface area contributed by atoms with Crippen LogP contribution in [0.25, 0.3) is 0 Å². The van der Waals surface area contributed by atoms with E-state index in [1.54, 1.807) is 0 Å². The molecular formula is C24H40N8O14. The van der Waals surface area contributed by atoms with Crippen molar-refractivity contribution in [3.63, 3.8) is 0 Å². The lowest BCUT2D eigenvalue weighted by atomic mass is 9.94. The topological polar surface area (TPSA) is 338 Å². The molecule has 12 N–H and O–H groups in total. The van der Waals surface area contributed by atoms with Crippen molar-refractivity contribution in [2.75, 3.05) is 53.5 Å². The van der Waals surface area contributed by atoms with Crippen LogP contribution >= 0.6 is 0 Å². The van der Waals surface area contributed by atoms with Gasteiger partial charge < -0.3 is 71.8 Å². The SMILES string of the molecule is CN(OC(=O)/C=C\C(=O)ON(C)C(N)=NCC(=O)N1C[C@H](O)[C@@H](O)[C@H](O)[C@H]1CO)C(N)=NCC(=O)N1C[C@H](O)[C@@H](O)[C@H](O)[C@H]1CO. The number of aliphatic hydroxyl groups is 8. The standard InChI is InChI=1S/C24H40N8O14/c1-29(23(25)27-5-15(37)31-7-13(35)21(43)19(41)11(31)9-33)45-17(39)3-4-18(40)46-30(2)24(26)28-6-16(38)32-8-14(36)22(44)20(42)12(32)10-34/h3-4,11-14,19-22,33-36,41-44H,5-10H2,1-2H3,(H2,25,27)(H2,26,28)/b4-3-/t11-,12-,13+,14+,19-,20-,21-,22-/m1/s1. The van der Waals surface area contributed by atoms with Crippen molar-refractivity contribution in [1.29, 1.82) is 0 Å². The van der Waals surface area contributed by atoms with Crippen molar-refractivity contribution >= 4 is 35.7 Å². The fourth-order valence-corrected chi connectivity index (χ4v) is 4.39. The zero-order valence-corrected chi connectivity index (χ0v) is 24.9. The number of rotatable bonds is 8. The highest BCUT2D eigenvalue weighted by atomic mass is 16.7. The van der Waals surface area contributed by atoms with E-state index in [1.165, 1.54) is 0 Å². The number of guanidine groups is 2. The number of nitrogens with two attached hydrogens (primary N) is 2. The number of nitrogens with zero attached hydrogens (tertiary/aromatic N) is 6. The minimum atomic E-state index is -1.61. The van der Waals surface area contributed by atoms with Crippen LogP contribution in [0.1, 0.15) is 0 Å². The van der Waals surface area contributed by atoms with Gasteiger partial charge in [0.05, 0.1) is 25.3 Å². The zero-order valence-electron chi connectivity index (χ0n) is 24.9. The summed E-state index contributed by atoms with van der Waals surface area (Å²) in [6.45, 7) is -3.47. The highest BCUT2D eigenvalue weighted by Crippen LogP contribution is 2.20. The van der Waals surface area contributed by atoms with Gasteiger partial charge in [0.15, 0.2) is 0 Å². The monoisotopic (exact) mass is 664 g/mol. The molecule has 0 radical (unpaired) electrons. The van der Waals surface area contributed by atoms with E-state index in [4.69, 9.17) is 21.1 Å². The first kappa shape index (κ1) is 38.0. The van der Waals surface area contributed by atoms with Gasteiger partial charge in [0, 0.05) is 39.3 Å². The molecular weight excluding hydrogens is 624 g/mol. The van der Waals surface area contributed by atoms with Crippen molar-refractivity contribution in [3.8, 4) is 0 Å². The fraction of sp³-hybridized carbons (Fsp3) is 0.667. The van der Waals surface area contributed by atoms with E-state index in [-0.39, 0.29) is 13.1 Å². The average molecular weight is 665 g/mol. The first-order valence-electron chi connectivity index (χ1n) is 13.6. The van der Waals surface area contributed by atoms with Crippen molar-refractivity contribution in [2.45, 2.75) is 48.7 Å². The summed E-state index contributed by atoms with van der Waals surface area (Å²) in [5, 5.41) is 79.4. The number of carbonyl (C=O) groups excluding carboxylic acids is 4. The summed E-state index contributed by atoms with van der Waals surface area (Å²) in [6, 6.07) is -2.41. The van der Waals surface area contributed by atoms with Crippen LogP contribution in [0.15, 0.2) is 22.1 Å². The van der Waals surface area contributed by atoms with Crippen molar-refractivity contribution in [2.24, 2.45) is 21.5 Å². The second-order valence-corrected chi connectivity index (χ2v) is 10.2. The van der Waals surface area contributed by atoms with Gasteiger partial charge in [-0.3, -0.25) is 9.59 Å². The van der Waals surface area contributed by atoms with Crippen LogP contribution in [0.5, 0.6) is 0 Å². The maximum absolute atomic E-state index is 12.5. The molecule has 0 unspecified atom stereocenters. The van der Waals surface area contributed by atoms with Crippen LogP contribution in [-0.4, -0.2) is 199 Å². The third-order valence-electron chi connectivity index (χ3n) is 7.07. The molecule has 0 aromatic heterocycles. The van der Waals surface area contributed by atoms with Crippen LogP contribution < -0.4 is 11.5 Å². The van der Waals surface area contributed by atoms with Gasteiger partial charge in [0.1, 0.15) is 49.7 Å². The number of β-amino-alcohol motifs (C(OH)–C–C–N with tert-alkyl or cyclic N) is 2. The van der Waals surface area contributed by atoms with Crippen molar-refractivity contribution in [1.82, 2.24) is 19.9 Å². The molecule has 46 heavy (non-hydrogen) atoms. The summed E-state index contributed by atoms with van der Waals surface area (Å²) in [6.07, 6.45) is -7.99. The first-order valence-corrected chi connectivity index (χ1v) is 13.6.